The number of aromatic nitrogens is 2. The van der Waals surface area contributed by atoms with Crippen LogP contribution in [0.5, 0.6) is 0 Å². The van der Waals surface area contributed by atoms with E-state index >= 15 is 0 Å². The van der Waals surface area contributed by atoms with Gasteiger partial charge in [0.1, 0.15) is 30.5 Å². The van der Waals surface area contributed by atoms with Crippen LogP contribution in [-0.4, -0.2) is 89.8 Å². The third kappa shape index (κ3) is 3.80. The first-order valence-corrected chi connectivity index (χ1v) is 11.5. The van der Waals surface area contributed by atoms with E-state index in [0.29, 0.717) is 22.0 Å². The fourth-order valence-electron chi connectivity index (χ4n) is 3.81. The number of anilines is 1. The number of carbonyl (C=O) groups excluding carboxylic acids is 1. The van der Waals surface area contributed by atoms with Crippen molar-refractivity contribution in [3.05, 3.63) is 29.3 Å². The molecule has 1 amide bonds. The minimum Gasteiger partial charge on any atom is -0.394 e. The summed E-state index contributed by atoms with van der Waals surface area (Å²) in [6, 6.07) is 6.29. The number of hydrogen-bond donors (Lipinski definition) is 4. The zero-order valence-electron chi connectivity index (χ0n) is 16.8. The highest BCUT2D eigenvalue weighted by Gasteiger charge is 2.53. The molecule has 0 spiro atoms. The molecule has 2 aliphatic heterocycles. The van der Waals surface area contributed by atoms with Gasteiger partial charge in [-0.3, -0.25) is 4.79 Å². The number of thiocarbonyl (C=S) groups is 1. The molecule has 13 heteroatoms. The molecule has 0 radical (unpaired) electrons. The standard InChI is InChI=1S/C19H21ClN4O6S2/c1-2-10-16(29)24(18-22-21-15(32-18)8-5-3-4-6-9(8)20)19(31)23(10)17-14(28)13(27)12(26)11(7-25)30-17/h3-6,10-14,17,25-28H,2,7H2,1H3/t10?,11-,12-,13+,14-,17-/m1/s1. The normalized spacial score (nSPS) is 30.9. The van der Waals surface area contributed by atoms with Crippen molar-refractivity contribution >= 4 is 51.3 Å². The van der Waals surface area contributed by atoms with Gasteiger partial charge in [-0.25, -0.2) is 4.90 Å². The van der Waals surface area contributed by atoms with Crippen LogP contribution in [0.1, 0.15) is 13.3 Å². The van der Waals surface area contributed by atoms with Crippen molar-refractivity contribution in [2.24, 2.45) is 0 Å². The van der Waals surface area contributed by atoms with Crippen molar-refractivity contribution in [1.29, 1.82) is 0 Å². The molecule has 2 aromatic rings. The molecule has 4 rings (SSSR count). The summed E-state index contributed by atoms with van der Waals surface area (Å²) in [5, 5.41) is 49.8. The average molecular weight is 501 g/mol. The first-order chi connectivity index (χ1) is 15.3. The van der Waals surface area contributed by atoms with E-state index in [9.17, 15) is 25.2 Å². The molecule has 6 atom stereocenters. The summed E-state index contributed by atoms with van der Waals surface area (Å²) in [5.74, 6) is -0.392. The Morgan fingerprint density at radius 1 is 1.19 bits per heavy atom. The van der Waals surface area contributed by atoms with E-state index in [1.165, 1.54) is 9.80 Å². The number of halogens is 1. The van der Waals surface area contributed by atoms with Gasteiger partial charge in [0.2, 0.25) is 5.13 Å². The molecule has 1 unspecified atom stereocenters. The highest BCUT2D eigenvalue weighted by atomic mass is 35.5. The minimum atomic E-state index is -1.59. The van der Waals surface area contributed by atoms with Gasteiger partial charge in [-0.05, 0) is 24.7 Å². The van der Waals surface area contributed by atoms with Crippen molar-refractivity contribution < 1.29 is 30.0 Å². The van der Waals surface area contributed by atoms with E-state index in [-0.39, 0.29) is 10.2 Å². The van der Waals surface area contributed by atoms with Gasteiger partial charge in [0.25, 0.3) is 5.91 Å². The molecule has 4 N–H and O–H groups in total. The number of ether oxygens (including phenoxy) is 1. The molecule has 3 heterocycles. The van der Waals surface area contributed by atoms with Crippen LogP contribution in [0.25, 0.3) is 10.6 Å². The lowest BCUT2D eigenvalue weighted by Gasteiger charge is -2.44. The number of aliphatic hydroxyl groups is 4. The lowest BCUT2D eigenvalue weighted by Crippen LogP contribution is -2.64. The van der Waals surface area contributed by atoms with Gasteiger partial charge >= 0.3 is 0 Å². The van der Waals surface area contributed by atoms with Gasteiger partial charge in [0.15, 0.2) is 16.3 Å². The van der Waals surface area contributed by atoms with Crippen LogP contribution in [0.2, 0.25) is 5.02 Å². The van der Waals surface area contributed by atoms with Gasteiger partial charge < -0.3 is 30.1 Å². The zero-order chi connectivity index (χ0) is 23.2. The fraction of sp³-hybridized carbons (Fsp3) is 0.474. The lowest BCUT2D eigenvalue weighted by molar-refractivity contribution is -0.257. The number of hydrogen-bond acceptors (Lipinski definition) is 10. The van der Waals surface area contributed by atoms with Gasteiger partial charge in [-0.2, -0.15) is 0 Å². The first-order valence-electron chi connectivity index (χ1n) is 9.85. The maximum absolute atomic E-state index is 13.2. The number of aliphatic hydroxyl groups excluding tert-OH is 4. The Morgan fingerprint density at radius 2 is 1.91 bits per heavy atom. The quantitative estimate of drug-likeness (QED) is 0.426. The monoisotopic (exact) mass is 500 g/mol. The van der Waals surface area contributed by atoms with Crippen molar-refractivity contribution in [3.8, 4) is 10.6 Å². The van der Waals surface area contributed by atoms with Crippen molar-refractivity contribution in [3.63, 3.8) is 0 Å². The van der Waals surface area contributed by atoms with Crippen LogP contribution >= 0.6 is 35.2 Å². The van der Waals surface area contributed by atoms with Crippen molar-refractivity contribution in [1.82, 2.24) is 15.1 Å². The topological polar surface area (TPSA) is 139 Å². The van der Waals surface area contributed by atoms with E-state index in [0.717, 1.165) is 11.3 Å². The molecule has 2 aliphatic rings. The summed E-state index contributed by atoms with van der Waals surface area (Å²) in [6.07, 6.45) is -6.75. The third-order valence-corrected chi connectivity index (χ3v) is 7.16. The molecule has 1 aromatic heterocycles. The molecular weight excluding hydrogens is 480 g/mol. The van der Waals surface area contributed by atoms with E-state index in [1.54, 1.807) is 25.1 Å². The smallest absolute Gasteiger partial charge is 0.258 e. The fourth-order valence-corrected chi connectivity index (χ4v) is 5.44. The number of carbonyl (C=O) groups is 1. The average Bonchev–Trinajstić information content (AvgIpc) is 3.35. The minimum absolute atomic E-state index is 0.00744. The van der Waals surface area contributed by atoms with Crippen LogP contribution in [-0.2, 0) is 9.53 Å². The van der Waals surface area contributed by atoms with Crippen LogP contribution < -0.4 is 4.90 Å². The molecule has 172 valence electrons. The highest BCUT2D eigenvalue weighted by molar-refractivity contribution is 7.80. The molecule has 0 saturated carbocycles. The van der Waals surface area contributed by atoms with Crippen LogP contribution in [0.3, 0.4) is 0 Å². The second-order valence-electron chi connectivity index (χ2n) is 7.38. The summed E-state index contributed by atoms with van der Waals surface area (Å²) in [6.45, 7) is 1.18. The summed E-state index contributed by atoms with van der Waals surface area (Å²) in [5.41, 5.74) is 0.660. The number of nitrogens with zero attached hydrogens (tertiary/aromatic N) is 4. The van der Waals surface area contributed by atoms with Crippen molar-refractivity contribution in [2.45, 2.75) is 50.0 Å². The predicted octanol–water partition coefficient (Wildman–Crippen LogP) is 0.370. The molecule has 10 nitrogen and oxygen atoms in total. The Labute approximate surface area is 197 Å². The highest BCUT2D eigenvalue weighted by Crippen LogP contribution is 2.37. The second-order valence-corrected chi connectivity index (χ2v) is 9.10. The van der Waals surface area contributed by atoms with E-state index in [1.807, 2.05) is 6.07 Å². The zero-order valence-corrected chi connectivity index (χ0v) is 19.2. The maximum atomic E-state index is 13.2. The van der Waals surface area contributed by atoms with Crippen LogP contribution in [0.4, 0.5) is 5.13 Å². The molecule has 0 aliphatic carbocycles. The lowest BCUT2D eigenvalue weighted by atomic mass is 9.97. The summed E-state index contributed by atoms with van der Waals surface area (Å²) >= 11 is 12.9. The molecular formula is C19H21ClN4O6S2. The van der Waals surface area contributed by atoms with E-state index in [2.05, 4.69) is 10.2 Å². The van der Waals surface area contributed by atoms with Crippen molar-refractivity contribution in [2.75, 3.05) is 11.5 Å². The molecule has 2 saturated heterocycles. The number of rotatable bonds is 5. The Bertz CT molecular complexity index is 1020. The largest absolute Gasteiger partial charge is 0.394 e. The Balaban J connectivity index is 1.66. The van der Waals surface area contributed by atoms with Gasteiger partial charge in [0, 0.05) is 5.56 Å². The maximum Gasteiger partial charge on any atom is 0.258 e. The van der Waals surface area contributed by atoms with Crippen LogP contribution in [0, 0.1) is 0 Å². The van der Waals surface area contributed by atoms with E-state index < -0.39 is 49.2 Å². The Kier molecular flexibility index (Phi) is 6.75. The summed E-state index contributed by atoms with van der Waals surface area (Å²) in [4.78, 5) is 15.8. The predicted molar refractivity (Wildman–Crippen MR) is 120 cm³/mol. The molecule has 1 aromatic carbocycles. The number of amides is 1. The van der Waals surface area contributed by atoms with E-state index in [4.69, 9.17) is 28.6 Å². The van der Waals surface area contributed by atoms with Gasteiger partial charge in [-0.15, -0.1) is 10.2 Å². The SMILES string of the molecule is CCC1C(=O)N(c2nnc(-c3ccccc3Cl)s2)C(=S)N1[C@@H]1O[C@H](CO)[C@@H](O)[C@H](O)[C@H]1O. The Hall–Kier alpha value is -1.77. The van der Waals surface area contributed by atoms with Gasteiger partial charge in [0.05, 0.1) is 11.6 Å². The van der Waals surface area contributed by atoms with Crippen LogP contribution in [0.15, 0.2) is 24.3 Å². The number of benzene rings is 1. The first kappa shape index (κ1) is 23.4. The second kappa shape index (κ2) is 9.23. The molecule has 2 fully saturated rings. The summed E-state index contributed by atoms with van der Waals surface area (Å²) < 4.78 is 5.64. The summed E-state index contributed by atoms with van der Waals surface area (Å²) in [7, 11) is 0. The molecule has 32 heavy (non-hydrogen) atoms. The van der Waals surface area contributed by atoms with Gasteiger partial charge in [-0.1, -0.05) is 48.1 Å². The third-order valence-electron chi connectivity index (χ3n) is 5.49. The Morgan fingerprint density at radius 3 is 2.56 bits per heavy atom. The molecule has 0 bridgehead atoms.